The lowest BCUT2D eigenvalue weighted by atomic mass is 10.1. The van der Waals surface area contributed by atoms with Gasteiger partial charge < -0.3 is 10.6 Å². The van der Waals surface area contributed by atoms with E-state index in [0.717, 1.165) is 28.1 Å². The highest BCUT2D eigenvalue weighted by atomic mass is 32.1. The molecule has 0 fully saturated rings. The van der Waals surface area contributed by atoms with Gasteiger partial charge in [-0.3, -0.25) is 9.59 Å². The number of nitrogens with zero attached hydrogens (tertiary/aromatic N) is 2. The first-order chi connectivity index (χ1) is 16.9. The van der Waals surface area contributed by atoms with Crippen LogP contribution in [0.3, 0.4) is 0 Å². The maximum absolute atomic E-state index is 13.3. The average Bonchev–Trinajstić information content (AvgIpc) is 3.40. The van der Waals surface area contributed by atoms with Gasteiger partial charge in [-0.2, -0.15) is 10.2 Å². The van der Waals surface area contributed by atoms with Crippen molar-refractivity contribution in [3.63, 3.8) is 0 Å². The summed E-state index contributed by atoms with van der Waals surface area (Å²) in [7, 11) is 0. The van der Waals surface area contributed by atoms with Crippen LogP contribution in [0.5, 0.6) is 0 Å². The fourth-order valence-electron chi connectivity index (χ4n) is 3.48. The van der Waals surface area contributed by atoms with Crippen molar-refractivity contribution in [2.45, 2.75) is 26.9 Å². The normalized spacial score (nSPS) is 11.9. The SMILES string of the molecule is Cc1ccc(C(=O)[C@H](NC(=O)c2cccs2)Nc2ccc(N=Nc3ccccc3C)cc2C)cc1. The Labute approximate surface area is 208 Å². The van der Waals surface area contributed by atoms with Crippen LogP contribution in [0.4, 0.5) is 17.1 Å². The van der Waals surface area contributed by atoms with Gasteiger partial charge in [0.1, 0.15) is 0 Å². The lowest BCUT2D eigenvalue weighted by Crippen LogP contribution is -2.46. The molecule has 0 unspecified atom stereocenters. The van der Waals surface area contributed by atoms with Crippen molar-refractivity contribution in [1.29, 1.82) is 0 Å². The zero-order valence-corrected chi connectivity index (χ0v) is 20.6. The van der Waals surface area contributed by atoms with E-state index in [9.17, 15) is 9.59 Å². The summed E-state index contributed by atoms with van der Waals surface area (Å²) in [4.78, 5) is 26.6. The molecular weight excluding hydrogens is 456 g/mol. The third-order valence-corrected chi connectivity index (χ3v) is 6.39. The van der Waals surface area contributed by atoms with Crippen LogP contribution in [0, 0.1) is 20.8 Å². The van der Waals surface area contributed by atoms with Crippen LogP contribution < -0.4 is 10.6 Å². The van der Waals surface area contributed by atoms with E-state index in [1.54, 1.807) is 24.3 Å². The van der Waals surface area contributed by atoms with Crippen molar-refractivity contribution in [2.75, 3.05) is 5.32 Å². The number of amides is 1. The third-order valence-electron chi connectivity index (χ3n) is 5.52. The smallest absolute Gasteiger partial charge is 0.263 e. The highest BCUT2D eigenvalue weighted by Crippen LogP contribution is 2.26. The fourth-order valence-corrected chi connectivity index (χ4v) is 4.10. The summed E-state index contributed by atoms with van der Waals surface area (Å²) < 4.78 is 0. The maximum atomic E-state index is 13.3. The lowest BCUT2D eigenvalue weighted by molar-refractivity contribution is 0.0872. The molecular formula is C28H26N4O2S. The predicted octanol–water partition coefficient (Wildman–Crippen LogP) is 7.14. The van der Waals surface area contributed by atoms with Gasteiger partial charge in [0.25, 0.3) is 5.91 Å². The van der Waals surface area contributed by atoms with Crippen LogP contribution in [0.25, 0.3) is 0 Å². The van der Waals surface area contributed by atoms with Gasteiger partial charge in [-0.15, -0.1) is 11.3 Å². The molecule has 3 aromatic carbocycles. The van der Waals surface area contributed by atoms with Crippen molar-refractivity contribution in [3.05, 3.63) is 111 Å². The standard InChI is InChI=1S/C28H26N4O2S/c1-18-10-12-21(13-11-18)26(33)27(30-28(34)25-9-6-16-35-25)29-23-15-14-22(17-20(23)3)31-32-24-8-5-4-7-19(24)2/h4-17,27,29H,1-3H3,(H,30,34)/t27-/m0/s1. The van der Waals surface area contributed by atoms with Gasteiger partial charge in [-0.1, -0.05) is 54.1 Å². The van der Waals surface area contributed by atoms with Gasteiger partial charge in [0.2, 0.25) is 5.78 Å². The molecule has 1 atom stereocenters. The topological polar surface area (TPSA) is 82.9 Å². The quantitative estimate of drug-likeness (QED) is 0.159. The van der Waals surface area contributed by atoms with Crippen LogP contribution in [0.1, 0.15) is 36.7 Å². The summed E-state index contributed by atoms with van der Waals surface area (Å²) >= 11 is 1.32. The highest BCUT2D eigenvalue weighted by molar-refractivity contribution is 7.12. The second-order valence-corrected chi connectivity index (χ2v) is 9.19. The van der Waals surface area contributed by atoms with Crippen LogP contribution in [0.15, 0.2) is 94.5 Å². The van der Waals surface area contributed by atoms with E-state index >= 15 is 0 Å². The molecule has 35 heavy (non-hydrogen) atoms. The number of anilines is 1. The molecule has 0 aliphatic rings. The molecule has 2 N–H and O–H groups in total. The van der Waals surface area contributed by atoms with E-state index in [2.05, 4.69) is 20.9 Å². The molecule has 0 saturated heterocycles. The molecule has 1 heterocycles. The number of benzene rings is 3. The van der Waals surface area contributed by atoms with Crippen LogP contribution in [-0.2, 0) is 0 Å². The van der Waals surface area contributed by atoms with E-state index in [0.29, 0.717) is 16.1 Å². The van der Waals surface area contributed by atoms with E-state index in [1.807, 2.05) is 80.7 Å². The van der Waals surface area contributed by atoms with Crippen LogP contribution in [-0.4, -0.2) is 17.9 Å². The largest absolute Gasteiger partial charge is 0.359 e. The summed E-state index contributed by atoms with van der Waals surface area (Å²) in [5, 5.41) is 16.6. The Morgan fingerprint density at radius 3 is 2.29 bits per heavy atom. The Morgan fingerprint density at radius 1 is 0.829 bits per heavy atom. The van der Waals surface area contributed by atoms with Crippen molar-refractivity contribution in [3.8, 4) is 0 Å². The second kappa shape index (κ2) is 10.9. The molecule has 1 aromatic heterocycles. The number of ketones is 1. The Morgan fingerprint density at radius 2 is 1.60 bits per heavy atom. The first-order valence-electron chi connectivity index (χ1n) is 11.2. The molecule has 0 spiro atoms. The van der Waals surface area contributed by atoms with E-state index in [-0.39, 0.29) is 11.7 Å². The van der Waals surface area contributed by atoms with E-state index in [1.165, 1.54) is 11.3 Å². The molecule has 176 valence electrons. The lowest BCUT2D eigenvalue weighted by Gasteiger charge is -2.21. The van der Waals surface area contributed by atoms with Gasteiger partial charge in [-0.05, 0) is 67.6 Å². The molecule has 7 heteroatoms. The summed E-state index contributed by atoms with van der Waals surface area (Å²) in [5.41, 5.74) is 5.72. The number of carbonyl (C=O) groups excluding carboxylic acids is 2. The third kappa shape index (κ3) is 6.07. The van der Waals surface area contributed by atoms with Crippen molar-refractivity contribution in [1.82, 2.24) is 5.32 Å². The Balaban J connectivity index is 1.56. The van der Waals surface area contributed by atoms with E-state index in [4.69, 9.17) is 0 Å². The fraction of sp³-hybridized carbons (Fsp3) is 0.143. The Bertz CT molecular complexity index is 1360. The molecule has 0 radical (unpaired) electrons. The van der Waals surface area contributed by atoms with Gasteiger partial charge in [0, 0.05) is 11.3 Å². The zero-order chi connectivity index (χ0) is 24.8. The Hall–Kier alpha value is -4.10. The molecule has 0 aliphatic heterocycles. The monoisotopic (exact) mass is 482 g/mol. The minimum Gasteiger partial charge on any atom is -0.359 e. The zero-order valence-electron chi connectivity index (χ0n) is 19.8. The van der Waals surface area contributed by atoms with E-state index < -0.39 is 6.17 Å². The Kier molecular flexibility index (Phi) is 7.48. The number of nitrogens with one attached hydrogen (secondary N) is 2. The predicted molar refractivity (Wildman–Crippen MR) is 141 cm³/mol. The number of aryl methyl sites for hydroxylation is 3. The summed E-state index contributed by atoms with van der Waals surface area (Å²) in [5.74, 6) is -0.531. The first kappa shape index (κ1) is 24.0. The molecule has 0 saturated carbocycles. The minimum absolute atomic E-state index is 0.224. The molecule has 1 amide bonds. The highest BCUT2D eigenvalue weighted by Gasteiger charge is 2.23. The number of hydrogen-bond acceptors (Lipinski definition) is 6. The number of carbonyl (C=O) groups is 2. The van der Waals surface area contributed by atoms with Crippen molar-refractivity contribution >= 4 is 40.1 Å². The van der Waals surface area contributed by atoms with Gasteiger partial charge in [0.15, 0.2) is 6.17 Å². The molecule has 6 nitrogen and oxygen atoms in total. The maximum Gasteiger partial charge on any atom is 0.263 e. The molecule has 4 aromatic rings. The summed E-state index contributed by atoms with van der Waals surface area (Å²) in [6.45, 7) is 5.87. The van der Waals surface area contributed by atoms with Gasteiger partial charge >= 0.3 is 0 Å². The number of thiophene rings is 1. The van der Waals surface area contributed by atoms with Crippen LogP contribution in [0.2, 0.25) is 0 Å². The number of rotatable bonds is 8. The molecule has 0 aliphatic carbocycles. The number of azo groups is 1. The molecule has 4 rings (SSSR count). The van der Waals surface area contributed by atoms with Gasteiger partial charge in [0.05, 0.1) is 16.3 Å². The number of hydrogen-bond donors (Lipinski definition) is 2. The molecule has 0 bridgehead atoms. The van der Waals surface area contributed by atoms with Crippen molar-refractivity contribution in [2.24, 2.45) is 10.2 Å². The van der Waals surface area contributed by atoms with Crippen LogP contribution >= 0.6 is 11.3 Å². The number of Topliss-reactive ketones (excluding diaryl/α,β-unsaturated/α-hetero) is 1. The first-order valence-corrected chi connectivity index (χ1v) is 12.1. The van der Waals surface area contributed by atoms with Gasteiger partial charge in [-0.25, -0.2) is 0 Å². The average molecular weight is 483 g/mol. The summed E-state index contributed by atoms with van der Waals surface area (Å²) in [6, 6.07) is 24.2. The van der Waals surface area contributed by atoms with Crippen molar-refractivity contribution < 1.29 is 9.59 Å². The summed E-state index contributed by atoms with van der Waals surface area (Å²) in [6.07, 6.45) is -0.939. The minimum atomic E-state index is -0.939. The second-order valence-electron chi connectivity index (χ2n) is 8.24.